The van der Waals surface area contributed by atoms with E-state index < -0.39 is 0 Å². The zero-order valence-electron chi connectivity index (χ0n) is 9.79. The van der Waals surface area contributed by atoms with Gasteiger partial charge in [-0.3, -0.25) is 0 Å². The standard InChI is InChI=1S/C12H18ClN3O/c13-11-7-9(14)8-12(16-11)15-5-4-10-3-1-2-6-17-10/h7-8,10H,1-6H2,(H3,14,15,16). The van der Waals surface area contributed by atoms with Gasteiger partial charge in [0.2, 0.25) is 0 Å². The summed E-state index contributed by atoms with van der Waals surface area (Å²) < 4.78 is 5.65. The van der Waals surface area contributed by atoms with Crippen molar-refractivity contribution in [2.75, 3.05) is 24.2 Å². The molecular formula is C12H18ClN3O. The highest BCUT2D eigenvalue weighted by Crippen LogP contribution is 2.18. The third kappa shape index (κ3) is 4.06. The van der Waals surface area contributed by atoms with Gasteiger partial charge >= 0.3 is 0 Å². The van der Waals surface area contributed by atoms with Crippen molar-refractivity contribution in [3.05, 3.63) is 17.3 Å². The Labute approximate surface area is 107 Å². The first-order valence-electron chi connectivity index (χ1n) is 6.02. The van der Waals surface area contributed by atoms with Crippen LogP contribution >= 0.6 is 11.6 Å². The molecule has 1 aromatic rings. The number of hydrogen-bond donors (Lipinski definition) is 2. The van der Waals surface area contributed by atoms with Gasteiger partial charge in [0, 0.05) is 24.9 Å². The van der Waals surface area contributed by atoms with Gasteiger partial charge in [0.05, 0.1) is 6.10 Å². The van der Waals surface area contributed by atoms with E-state index in [0.29, 0.717) is 16.9 Å². The SMILES string of the molecule is Nc1cc(Cl)nc(NCCC2CCCCO2)c1. The van der Waals surface area contributed by atoms with E-state index in [0.717, 1.165) is 31.8 Å². The number of halogens is 1. The lowest BCUT2D eigenvalue weighted by molar-refractivity contribution is 0.0134. The van der Waals surface area contributed by atoms with Gasteiger partial charge in [-0.05, 0) is 31.7 Å². The zero-order valence-corrected chi connectivity index (χ0v) is 10.5. The molecule has 2 rings (SSSR count). The van der Waals surface area contributed by atoms with E-state index in [2.05, 4.69) is 10.3 Å². The molecule has 4 nitrogen and oxygen atoms in total. The van der Waals surface area contributed by atoms with E-state index in [-0.39, 0.29) is 0 Å². The van der Waals surface area contributed by atoms with Crippen molar-refractivity contribution in [1.29, 1.82) is 0 Å². The number of nitrogens with two attached hydrogens (primary N) is 1. The second kappa shape index (κ2) is 6.07. The quantitative estimate of drug-likeness (QED) is 0.812. The summed E-state index contributed by atoms with van der Waals surface area (Å²) in [5.74, 6) is 0.728. The first-order chi connectivity index (χ1) is 8.24. The van der Waals surface area contributed by atoms with Gasteiger partial charge in [-0.15, -0.1) is 0 Å². The van der Waals surface area contributed by atoms with Crippen molar-refractivity contribution in [2.24, 2.45) is 0 Å². The third-order valence-corrected chi connectivity index (χ3v) is 3.06. The largest absolute Gasteiger partial charge is 0.399 e. The maximum absolute atomic E-state index is 5.82. The van der Waals surface area contributed by atoms with E-state index in [1.54, 1.807) is 12.1 Å². The zero-order chi connectivity index (χ0) is 12.1. The fraction of sp³-hybridized carbons (Fsp3) is 0.583. The molecule has 1 fully saturated rings. The summed E-state index contributed by atoms with van der Waals surface area (Å²) in [5, 5.41) is 3.64. The van der Waals surface area contributed by atoms with Crippen LogP contribution < -0.4 is 11.1 Å². The van der Waals surface area contributed by atoms with Crippen molar-refractivity contribution >= 4 is 23.1 Å². The fourth-order valence-corrected chi connectivity index (χ4v) is 2.22. The van der Waals surface area contributed by atoms with Gasteiger partial charge in [-0.1, -0.05) is 11.6 Å². The molecule has 94 valence electrons. The Kier molecular flexibility index (Phi) is 4.45. The highest BCUT2D eigenvalue weighted by molar-refractivity contribution is 6.29. The van der Waals surface area contributed by atoms with Crippen LogP contribution in [-0.2, 0) is 4.74 Å². The Morgan fingerprint density at radius 2 is 2.35 bits per heavy atom. The van der Waals surface area contributed by atoms with Crippen LogP contribution in [0.1, 0.15) is 25.7 Å². The summed E-state index contributed by atoms with van der Waals surface area (Å²) in [4.78, 5) is 4.15. The average molecular weight is 256 g/mol. The minimum absolute atomic E-state index is 0.382. The van der Waals surface area contributed by atoms with E-state index in [1.807, 2.05) is 0 Å². The number of anilines is 2. The molecule has 0 aromatic carbocycles. The molecule has 17 heavy (non-hydrogen) atoms. The van der Waals surface area contributed by atoms with Crippen LogP contribution in [0.4, 0.5) is 11.5 Å². The minimum Gasteiger partial charge on any atom is -0.399 e. The molecule has 0 bridgehead atoms. The Balaban J connectivity index is 1.77. The number of nitrogens with one attached hydrogen (secondary N) is 1. The molecule has 1 aliphatic rings. The molecule has 1 atom stereocenters. The van der Waals surface area contributed by atoms with Gasteiger partial charge in [0.15, 0.2) is 0 Å². The van der Waals surface area contributed by atoms with Gasteiger partial charge in [0.25, 0.3) is 0 Å². The van der Waals surface area contributed by atoms with Crippen LogP contribution in [0.25, 0.3) is 0 Å². The number of rotatable bonds is 4. The summed E-state index contributed by atoms with van der Waals surface area (Å²) in [6, 6.07) is 3.42. The van der Waals surface area contributed by atoms with Crippen molar-refractivity contribution in [1.82, 2.24) is 4.98 Å². The molecule has 3 N–H and O–H groups in total. The van der Waals surface area contributed by atoms with E-state index in [1.165, 1.54) is 12.8 Å². The Bertz CT molecular complexity index is 347. The number of ether oxygens (including phenoxy) is 1. The summed E-state index contributed by atoms with van der Waals surface area (Å²) in [7, 11) is 0. The Hall–Kier alpha value is -1.00. The van der Waals surface area contributed by atoms with Crippen LogP contribution in [-0.4, -0.2) is 24.2 Å². The van der Waals surface area contributed by atoms with Crippen LogP contribution in [0.5, 0.6) is 0 Å². The predicted octanol–water partition coefficient (Wildman–Crippen LogP) is 2.69. The van der Waals surface area contributed by atoms with Crippen molar-refractivity contribution in [3.8, 4) is 0 Å². The van der Waals surface area contributed by atoms with Gasteiger partial charge < -0.3 is 15.8 Å². The topological polar surface area (TPSA) is 60.2 Å². The lowest BCUT2D eigenvalue weighted by Crippen LogP contribution is -2.22. The molecule has 1 aromatic heterocycles. The summed E-state index contributed by atoms with van der Waals surface area (Å²) in [6.07, 6.45) is 5.00. The van der Waals surface area contributed by atoms with Crippen molar-refractivity contribution in [2.45, 2.75) is 31.8 Å². The molecule has 0 aliphatic carbocycles. The molecule has 1 saturated heterocycles. The first-order valence-corrected chi connectivity index (χ1v) is 6.40. The van der Waals surface area contributed by atoms with Gasteiger partial charge in [0.1, 0.15) is 11.0 Å². The number of nitrogens with zero attached hydrogens (tertiary/aromatic N) is 1. The minimum atomic E-state index is 0.382. The third-order valence-electron chi connectivity index (χ3n) is 2.86. The number of hydrogen-bond acceptors (Lipinski definition) is 4. The molecule has 0 amide bonds. The Morgan fingerprint density at radius 3 is 3.06 bits per heavy atom. The monoisotopic (exact) mass is 255 g/mol. The van der Waals surface area contributed by atoms with E-state index >= 15 is 0 Å². The molecule has 1 aliphatic heterocycles. The average Bonchev–Trinajstić information content (AvgIpc) is 2.29. The van der Waals surface area contributed by atoms with Crippen molar-refractivity contribution in [3.63, 3.8) is 0 Å². The number of aromatic nitrogens is 1. The molecule has 0 spiro atoms. The Morgan fingerprint density at radius 1 is 1.47 bits per heavy atom. The number of nitrogen functional groups attached to an aromatic ring is 1. The molecule has 2 heterocycles. The molecular weight excluding hydrogens is 238 g/mol. The van der Waals surface area contributed by atoms with Crippen LogP contribution in [0.15, 0.2) is 12.1 Å². The second-order valence-electron chi connectivity index (χ2n) is 4.31. The summed E-state index contributed by atoms with van der Waals surface area (Å²) >= 11 is 5.82. The second-order valence-corrected chi connectivity index (χ2v) is 4.70. The normalized spacial score (nSPS) is 20.2. The lowest BCUT2D eigenvalue weighted by Gasteiger charge is -2.22. The van der Waals surface area contributed by atoms with Crippen LogP contribution in [0.2, 0.25) is 5.15 Å². The maximum Gasteiger partial charge on any atom is 0.133 e. The van der Waals surface area contributed by atoms with E-state index in [4.69, 9.17) is 22.1 Å². The highest BCUT2D eigenvalue weighted by atomic mass is 35.5. The van der Waals surface area contributed by atoms with Crippen LogP contribution in [0, 0.1) is 0 Å². The molecule has 5 heteroatoms. The predicted molar refractivity (Wildman–Crippen MR) is 70.4 cm³/mol. The highest BCUT2D eigenvalue weighted by Gasteiger charge is 2.13. The molecule has 0 saturated carbocycles. The molecule has 1 unspecified atom stereocenters. The van der Waals surface area contributed by atoms with Crippen molar-refractivity contribution < 1.29 is 4.74 Å². The fourth-order valence-electron chi connectivity index (χ4n) is 2.00. The first kappa shape index (κ1) is 12.5. The summed E-state index contributed by atoms with van der Waals surface area (Å²) in [5.41, 5.74) is 6.31. The lowest BCUT2D eigenvalue weighted by atomic mass is 10.1. The molecule has 0 radical (unpaired) electrons. The van der Waals surface area contributed by atoms with E-state index in [9.17, 15) is 0 Å². The maximum atomic E-state index is 5.82. The smallest absolute Gasteiger partial charge is 0.133 e. The van der Waals surface area contributed by atoms with Crippen LogP contribution in [0.3, 0.4) is 0 Å². The van der Waals surface area contributed by atoms with Gasteiger partial charge in [-0.25, -0.2) is 4.98 Å². The number of pyridine rings is 1. The van der Waals surface area contributed by atoms with Gasteiger partial charge in [-0.2, -0.15) is 0 Å². The summed E-state index contributed by atoms with van der Waals surface area (Å²) in [6.45, 7) is 1.73.